The summed E-state index contributed by atoms with van der Waals surface area (Å²) in [5.74, 6) is 1.02. The summed E-state index contributed by atoms with van der Waals surface area (Å²) in [6.45, 7) is 8.35. The van der Waals surface area contributed by atoms with Crippen molar-refractivity contribution in [1.82, 2.24) is 15.3 Å². The topological polar surface area (TPSA) is 37.8 Å². The van der Waals surface area contributed by atoms with E-state index in [1.165, 1.54) is 5.56 Å². The van der Waals surface area contributed by atoms with E-state index < -0.39 is 0 Å². The maximum Gasteiger partial charge on any atom is 0.188 e. The molecule has 3 nitrogen and oxygen atoms in total. The quantitative estimate of drug-likeness (QED) is 0.633. The van der Waals surface area contributed by atoms with Gasteiger partial charge in [0.25, 0.3) is 0 Å². The van der Waals surface area contributed by atoms with Crippen molar-refractivity contribution >= 4 is 11.8 Å². The molecule has 0 aliphatic carbocycles. The SMILES string of the molecule is CCC(CSc1nc(C)c(C)c(C)n1)NC. The largest absolute Gasteiger partial charge is 0.316 e. The number of rotatable bonds is 5. The normalized spacial score (nSPS) is 12.8. The lowest BCUT2D eigenvalue weighted by Gasteiger charge is -2.13. The summed E-state index contributed by atoms with van der Waals surface area (Å²) < 4.78 is 0. The predicted octanol–water partition coefficient (Wildman–Crippen LogP) is 2.49. The van der Waals surface area contributed by atoms with Crippen molar-refractivity contribution in [1.29, 1.82) is 0 Å². The van der Waals surface area contributed by atoms with Crippen LogP contribution < -0.4 is 5.32 Å². The van der Waals surface area contributed by atoms with Crippen molar-refractivity contribution in [2.24, 2.45) is 0 Å². The van der Waals surface area contributed by atoms with Crippen molar-refractivity contribution < 1.29 is 0 Å². The molecular formula is C12H21N3S. The van der Waals surface area contributed by atoms with Gasteiger partial charge in [0.1, 0.15) is 0 Å². The molecule has 0 bridgehead atoms. The van der Waals surface area contributed by atoms with E-state index in [-0.39, 0.29) is 0 Å². The van der Waals surface area contributed by atoms with Gasteiger partial charge in [-0.25, -0.2) is 9.97 Å². The lowest BCUT2D eigenvalue weighted by atomic mass is 10.2. The van der Waals surface area contributed by atoms with Crippen LogP contribution in [0.25, 0.3) is 0 Å². The third kappa shape index (κ3) is 3.46. The third-order valence-corrected chi connectivity index (χ3v) is 3.94. The zero-order valence-electron chi connectivity index (χ0n) is 10.8. The Morgan fingerprint density at radius 1 is 1.19 bits per heavy atom. The van der Waals surface area contributed by atoms with Crippen molar-refractivity contribution in [3.8, 4) is 0 Å². The Morgan fingerprint density at radius 2 is 1.75 bits per heavy atom. The number of hydrogen-bond donors (Lipinski definition) is 1. The van der Waals surface area contributed by atoms with Gasteiger partial charge in [0, 0.05) is 23.2 Å². The summed E-state index contributed by atoms with van der Waals surface area (Å²) in [7, 11) is 2.00. The average Bonchev–Trinajstić information content (AvgIpc) is 2.27. The van der Waals surface area contributed by atoms with Gasteiger partial charge in [-0.15, -0.1) is 0 Å². The minimum absolute atomic E-state index is 0.538. The van der Waals surface area contributed by atoms with E-state index >= 15 is 0 Å². The van der Waals surface area contributed by atoms with E-state index in [0.29, 0.717) is 6.04 Å². The highest BCUT2D eigenvalue weighted by molar-refractivity contribution is 7.99. The third-order valence-electron chi connectivity index (χ3n) is 2.93. The molecule has 0 aliphatic heterocycles. The van der Waals surface area contributed by atoms with Crippen LogP contribution in [0.15, 0.2) is 5.16 Å². The number of aryl methyl sites for hydroxylation is 2. The zero-order valence-corrected chi connectivity index (χ0v) is 11.6. The van der Waals surface area contributed by atoms with E-state index in [2.05, 4.69) is 29.1 Å². The molecule has 4 heteroatoms. The average molecular weight is 239 g/mol. The molecule has 1 atom stereocenters. The second-order valence-corrected chi connectivity index (χ2v) is 4.99. The van der Waals surface area contributed by atoms with Gasteiger partial charge in [-0.3, -0.25) is 0 Å². The van der Waals surface area contributed by atoms with Crippen molar-refractivity contribution in [2.75, 3.05) is 12.8 Å². The van der Waals surface area contributed by atoms with Gasteiger partial charge >= 0.3 is 0 Å². The molecule has 1 unspecified atom stereocenters. The van der Waals surface area contributed by atoms with E-state index in [1.54, 1.807) is 11.8 Å². The van der Waals surface area contributed by atoms with E-state index in [1.807, 2.05) is 20.9 Å². The van der Waals surface area contributed by atoms with Crippen LogP contribution in [0.4, 0.5) is 0 Å². The standard InChI is InChI=1S/C12H21N3S/c1-6-11(13-5)7-16-12-14-9(3)8(2)10(4)15-12/h11,13H,6-7H2,1-5H3. The summed E-state index contributed by atoms with van der Waals surface area (Å²) in [5.41, 5.74) is 3.38. The van der Waals surface area contributed by atoms with Crippen LogP contribution in [0.5, 0.6) is 0 Å². The minimum atomic E-state index is 0.538. The molecule has 0 spiro atoms. The summed E-state index contributed by atoms with van der Waals surface area (Å²) in [6.07, 6.45) is 1.13. The first-order chi connectivity index (χ1) is 7.58. The Bertz CT molecular complexity index is 325. The highest BCUT2D eigenvalue weighted by atomic mass is 32.2. The van der Waals surface area contributed by atoms with Crippen LogP contribution in [-0.2, 0) is 0 Å². The van der Waals surface area contributed by atoms with Gasteiger partial charge in [0.15, 0.2) is 5.16 Å². The van der Waals surface area contributed by atoms with E-state index in [0.717, 1.165) is 28.7 Å². The molecule has 0 saturated carbocycles. The Hall–Kier alpha value is -0.610. The van der Waals surface area contributed by atoms with E-state index in [4.69, 9.17) is 0 Å². The molecule has 1 rings (SSSR count). The molecule has 16 heavy (non-hydrogen) atoms. The molecular weight excluding hydrogens is 218 g/mol. The summed E-state index contributed by atoms with van der Waals surface area (Å²) >= 11 is 1.73. The first-order valence-electron chi connectivity index (χ1n) is 5.70. The lowest BCUT2D eigenvalue weighted by molar-refractivity contribution is 0.601. The smallest absolute Gasteiger partial charge is 0.188 e. The molecule has 0 amide bonds. The van der Waals surface area contributed by atoms with Crippen molar-refractivity contribution in [3.63, 3.8) is 0 Å². The minimum Gasteiger partial charge on any atom is -0.316 e. The summed E-state index contributed by atoms with van der Waals surface area (Å²) in [6, 6.07) is 0.538. The maximum atomic E-state index is 4.50. The highest BCUT2D eigenvalue weighted by Gasteiger charge is 2.08. The number of hydrogen-bond acceptors (Lipinski definition) is 4. The monoisotopic (exact) mass is 239 g/mol. The van der Waals surface area contributed by atoms with Gasteiger partial charge in [-0.1, -0.05) is 18.7 Å². The zero-order chi connectivity index (χ0) is 12.1. The van der Waals surface area contributed by atoms with Crippen molar-refractivity contribution in [3.05, 3.63) is 17.0 Å². The fourth-order valence-corrected chi connectivity index (χ4v) is 2.54. The summed E-state index contributed by atoms with van der Waals surface area (Å²) in [4.78, 5) is 9.00. The molecule has 90 valence electrons. The Balaban J connectivity index is 2.68. The van der Waals surface area contributed by atoms with Crippen LogP contribution in [0.1, 0.15) is 30.3 Å². The fraction of sp³-hybridized carbons (Fsp3) is 0.667. The van der Waals surface area contributed by atoms with Gasteiger partial charge in [0.2, 0.25) is 0 Å². The van der Waals surface area contributed by atoms with Crippen LogP contribution in [-0.4, -0.2) is 28.8 Å². The second-order valence-electron chi connectivity index (χ2n) is 4.01. The highest BCUT2D eigenvalue weighted by Crippen LogP contribution is 2.18. The summed E-state index contributed by atoms with van der Waals surface area (Å²) in [5, 5.41) is 4.18. The van der Waals surface area contributed by atoms with Crippen LogP contribution >= 0.6 is 11.8 Å². The molecule has 0 aliphatic rings. The predicted molar refractivity (Wildman–Crippen MR) is 70.1 cm³/mol. The van der Waals surface area contributed by atoms with Gasteiger partial charge < -0.3 is 5.32 Å². The second kappa shape index (κ2) is 6.21. The Morgan fingerprint density at radius 3 is 2.19 bits per heavy atom. The number of nitrogens with one attached hydrogen (secondary N) is 1. The maximum absolute atomic E-state index is 4.50. The molecule has 1 aromatic rings. The molecule has 0 aromatic carbocycles. The first kappa shape index (κ1) is 13.5. The lowest BCUT2D eigenvalue weighted by Crippen LogP contribution is -2.26. The first-order valence-corrected chi connectivity index (χ1v) is 6.69. The molecule has 0 radical (unpaired) electrons. The number of aromatic nitrogens is 2. The Kier molecular flexibility index (Phi) is 5.22. The Labute approximate surface area is 102 Å². The molecule has 0 saturated heterocycles. The fourth-order valence-electron chi connectivity index (χ4n) is 1.39. The van der Waals surface area contributed by atoms with Crippen LogP contribution in [0.2, 0.25) is 0 Å². The number of nitrogens with zero attached hydrogens (tertiary/aromatic N) is 2. The van der Waals surface area contributed by atoms with Crippen LogP contribution in [0.3, 0.4) is 0 Å². The van der Waals surface area contributed by atoms with Gasteiger partial charge in [-0.05, 0) is 39.8 Å². The van der Waals surface area contributed by atoms with Crippen LogP contribution in [0, 0.1) is 20.8 Å². The van der Waals surface area contributed by atoms with Gasteiger partial charge in [-0.2, -0.15) is 0 Å². The van der Waals surface area contributed by atoms with Crippen molar-refractivity contribution in [2.45, 2.75) is 45.3 Å². The molecule has 1 aromatic heterocycles. The number of thioether (sulfide) groups is 1. The molecule has 1 N–H and O–H groups in total. The van der Waals surface area contributed by atoms with E-state index in [9.17, 15) is 0 Å². The van der Waals surface area contributed by atoms with Gasteiger partial charge in [0.05, 0.1) is 0 Å². The molecule has 0 fully saturated rings. The molecule has 1 heterocycles.